The Labute approximate surface area is 76.9 Å². The van der Waals surface area contributed by atoms with Crippen LogP contribution in [0.2, 0.25) is 0 Å². The van der Waals surface area contributed by atoms with Gasteiger partial charge in [-0.1, -0.05) is 42.6 Å². The van der Waals surface area contributed by atoms with Crippen molar-refractivity contribution in [1.82, 2.24) is 0 Å². The topological polar surface area (TPSA) is 26.0 Å². The lowest BCUT2D eigenvalue weighted by atomic mass is 9.93. The first-order valence-electron chi connectivity index (χ1n) is 3.86. The first kappa shape index (κ1) is 7.65. The number of hydrogen-bond acceptors (Lipinski definition) is 2. The van der Waals surface area contributed by atoms with Crippen LogP contribution in [0, 0.1) is 0 Å². The fourth-order valence-electron chi connectivity index (χ4n) is 1.40. The Balaban J connectivity index is 2.61. The standard InChI is InChI=1S/C10H9NS/c11-9-5-6-10(12)8-4-2-1-3-7(8)9/h1-6,9H,11H2. The van der Waals surface area contributed by atoms with Gasteiger partial charge in [0.05, 0.1) is 0 Å². The van der Waals surface area contributed by atoms with Gasteiger partial charge >= 0.3 is 0 Å². The van der Waals surface area contributed by atoms with Crippen molar-refractivity contribution in [2.24, 2.45) is 5.73 Å². The summed E-state index contributed by atoms with van der Waals surface area (Å²) in [5.74, 6) is 0. The Morgan fingerprint density at radius 3 is 2.75 bits per heavy atom. The molecule has 1 aliphatic carbocycles. The van der Waals surface area contributed by atoms with E-state index in [0.717, 1.165) is 16.0 Å². The molecule has 2 N–H and O–H groups in total. The van der Waals surface area contributed by atoms with Crippen molar-refractivity contribution in [3.8, 4) is 0 Å². The third-order valence-electron chi connectivity index (χ3n) is 2.04. The quantitative estimate of drug-likeness (QED) is 0.610. The second-order valence-electron chi connectivity index (χ2n) is 2.84. The van der Waals surface area contributed by atoms with E-state index in [1.54, 1.807) is 0 Å². The van der Waals surface area contributed by atoms with Crippen molar-refractivity contribution in [2.45, 2.75) is 6.04 Å². The zero-order valence-corrected chi connectivity index (χ0v) is 7.34. The molecule has 0 fully saturated rings. The molecule has 0 saturated carbocycles. The first-order valence-corrected chi connectivity index (χ1v) is 4.27. The third-order valence-corrected chi connectivity index (χ3v) is 2.40. The fourth-order valence-corrected chi connectivity index (χ4v) is 1.66. The van der Waals surface area contributed by atoms with Crippen LogP contribution in [-0.2, 0) is 0 Å². The third kappa shape index (κ3) is 1.09. The molecule has 1 nitrogen and oxygen atoms in total. The molecule has 0 saturated heterocycles. The fraction of sp³-hybridized carbons (Fsp3) is 0.100. The van der Waals surface area contributed by atoms with Crippen molar-refractivity contribution >= 4 is 17.1 Å². The van der Waals surface area contributed by atoms with Crippen LogP contribution in [0.1, 0.15) is 17.2 Å². The van der Waals surface area contributed by atoms with Crippen LogP contribution in [0.5, 0.6) is 0 Å². The highest BCUT2D eigenvalue weighted by molar-refractivity contribution is 7.81. The molecule has 0 heterocycles. The van der Waals surface area contributed by atoms with Crippen LogP contribution >= 0.6 is 12.2 Å². The summed E-state index contributed by atoms with van der Waals surface area (Å²) in [6, 6.07) is 8.02. The Morgan fingerprint density at radius 1 is 1.25 bits per heavy atom. The lowest BCUT2D eigenvalue weighted by Crippen LogP contribution is -2.15. The van der Waals surface area contributed by atoms with Crippen LogP contribution in [-0.4, -0.2) is 4.86 Å². The molecule has 0 bridgehead atoms. The SMILES string of the molecule is NC1C=CC(=S)c2ccccc21. The zero-order chi connectivity index (χ0) is 8.55. The highest BCUT2D eigenvalue weighted by atomic mass is 32.1. The predicted molar refractivity (Wildman–Crippen MR) is 54.2 cm³/mol. The molecule has 60 valence electrons. The maximum absolute atomic E-state index is 5.86. The number of benzene rings is 1. The molecule has 0 aliphatic heterocycles. The van der Waals surface area contributed by atoms with E-state index in [0.29, 0.717) is 0 Å². The number of nitrogens with two attached hydrogens (primary N) is 1. The summed E-state index contributed by atoms with van der Waals surface area (Å²) >= 11 is 5.17. The zero-order valence-electron chi connectivity index (χ0n) is 6.53. The maximum atomic E-state index is 5.86. The van der Waals surface area contributed by atoms with Crippen LogP contribution in [0.4, 0.5) is 0 Å². The smallest absolute Gasteiger partial charge is 0.0491 e. The second kappa shape index (κ2) is 2.81. The largest absolute Gasteiger partial charge is 0.321 e. The molecule has 0 amide bonds. The van der Waals surface area contributed by atoms with Gasteiger partial charge in [-0.2, -0.15) is 0 Å². The normalized spacial score (nSPS) is 20.8. The molecule has 1 aromatic carbocycles. The molecule has 12 heavy (non-hydrogen) atoms. The minimum absolute atomic E-state index is 0.00731. The van der Waals surface area contributed by atoms with Gasteiger partial charge in [-0.15, -0.1) is 0 Å². The lowest BCUT2D eigenvalue weighted by Gasteiger charge is -2.16. The first-order chi connectivity index (χ1) is 5.79. The van der Waals surface area contributed by atoms with Crippen molar-refractivity contribution in [3.63, 3.8) is 0 Å². The number of rotatable bonds is 0. The summed E-state index contributed by atoms with van der Waals surface area (Å²) in [5, 5.41) is 0. The molecular formula is C10H9NS. The van der Waals surface area contributed by atoms with Gasteiger partial charge in [-0.25, -0.2) is 0 Å². The van der Waals surface area contributed by atoms with Crippen molar-refractivity contribution in [3.05, 3.63) is 47.5 Å². The van der Waals surface area contributed by atoms with E-state index in [1.807, 2.05) is 36.4 Å². The monoisotopic (exact) mass is 175 g/mol. The van der Waals surface area contributed by atoms with Gasteiger partial charge in [0.1, 0.15) is 0 Å². The molecule has 0 radical (unpaired) electrons. The molecule has 1 aromatic rings. The number of thiocarbonyl (C=S) groups is 1. The molecule has 2 heteroatoms. The summed E-state index contributed by atoms with van der Waals surface area (Å²) < 4.78 is 0. The molecule has 1 aliphatic rings. The van der Waals surface area contributed by atoms with Gasteiger partial charge < -0.3 is 5.73 Å². The Bertz CT molecular complexity index is 355. The summed E-state index contributed by atoms with van der Waals surface area (Å²) in [5.41, 5.74) is 8.09. The molecular weight excluding hydrogens is 166 g/mol. The minimum atomic E-state index is 0.00731. The van der Waals surface area contributed by atoms with E-state index in [4.69, 9.17) is 18.0 Å². The number of hydrogen-bond donors (Lipinski definition) is 1. The van der Waals surface area contributed by atoms with Crippen molar-refractivity contribution in [2.75, 3.05) is 0 Å². The summed E-state index contributed by atoms with van der Waals surface area (Å²) in [6.45, 7) is 0. The molecule has 0 aromatic heterocycles. The van der Waals surface area contributed by atoms with Gasteiger partial charge in [0.2, 0.25) is 0 Å². The summed E-state index contributed by atoms with van der Waals surface area (Å²) in [4.78, 5) is 0.882. The predicted octanol–water partition coefficient (Wildman–Crippen LogP) is 1.97. The van der Waals surface area contributed by atoms with Gasteiger partial charge in [-0.05, 0) is 17.2 Å². The Morgan fingerprint density at radius 2 is 2.00 bits per heavy atom. The van der Waals surface area contributed by atoms with Crippen LogP contribution in [0.3, 0.4) is 0 Å². The van der Waals surface area contributed by atoms with E-state index in [2.05, 4.69) is 0 Å². The van der Waals surface area contributed by atoms with Gasteiger partial charge in [-0.3, -0.25) is 0 Å². The Hall–Kier alpha value is -0.990. The van der Waals surface area contributed by atoms with Crippen LogP contribution < -0.4 is 5.73 Å². The molecule has 2 rings (SSSR count). The average molecular weight is 175 g/mol. The second-order valence-corrected chi connectivity index (χ2v) is 3.28. The number of allylic oxidation sites excluding steroid dienone is 1. The van der Waals surface area contributed by atoms with Crippen molar-refractivity contribution in [1.29, 1.82) is 0 Å². The average Bonchev–Trinajstić information content (AvgIpc) is 2.12. The van der Waals surface area contributed by atoms with E-state index in [9.17, 15) is 0 Å². The Kier molecular flexibility index (Phi) is 1.79. The van der Waals surface area contributed by atoms with Gasteiger partial charge in [0.25, 0.3) is 0 Å². The summed E-state index contributed by atoms with van der Waals surface area (Å²) in [6.07, 6.45) is 3.84. The van der Waals surface area contributed by atoms with E-state index in [-0.39, 0.29) is 6.04 Å². The highest BCUT2D eigenvalue weighted by Gasteiger charge is 2.13. The minimum Gasteiger partial charge on any atom is -0.321 e. The molecule has 0 spiro atoms. The van der Waals surface area contributed by atoms with E-state index < -0.39 is 0 Å². The van der Waals surface area contributed by atoms with E-state index >= 15 is 0 Å². The van der Waals surface area contributed by atoms with Gasteiger partial charge in [0, 0.05) is 10.9 Å². The maximum Gasteiger partial charge on any atom is 0.0491 e. The van der Waals surface area contributed by atoms with E-state index in [1.165, 1.54) is 0 Å². The highest BCUT2D eigenvalue weighted by Crippen LogP contribution is 2.22. The lowest BCUT2D eigenvalue weighted by molar-refractivity contribution is 0.904. The van der Waals surface area contributed by atoms with Gasteiger partial charge in [0.15, 0.2) is 0 Å². The van der Waals surface area contributed by atoms with Crippen LogP contribution in [0.15, 0.2) is 36.4 Å². The van der Waals surface area contributed by atoms with Crippen molar-refractivity contribution < 1.29 is 0 Å². The molecule has 1 unspecified atom stereocenters. The summed E-state index contributed by atoms with van der Waals surface area (Å²) in [7, 11) is 0. The van der Waals surface area contributed by atoms with Crippen LogP contribution in [0.25, 0.3) is 0 Å². The number of fused-ring (bicyclic) bond motifs is 1. The molecule has 1 atom stereocenters.